The Morgan fingerprint density at radius 3 is 1.03 bits per heavy atom. The first kappa shape index (κ1) is 55.8. The smallest absolute Gasteiger partial charge is 0.326 e. The van der Waals surface area contributed by atoms with Crippen LogP contribution >= 0.6 is 0 Å². The molecule has 0 saturated heterocycles. The Hall–Kier alpha value is -3.22. The molecule has 0 aliphatic heterocycles. The van der Waals surface area contributed by atoms with Gasteiger partial charge in [0, 0.05) is 6.42 Å². The van der Waals surface area contributed by atoms with E-state index < -0.39 is 59.8 Å². The Bertz CT molecular complexity index is 1190. The lowest BCUT2D eigenvalue weighted by Crippen LogP contribution is -2.59. The zero-order valence-corrected chi connectivity index (χ0v) is 38.7. The number of carboxylic acid groups (broad SMARTS) is 1. The number of carboxylic acids is 1. The van der Waals surface area contributed by atoms with Crippen molar-refractivity contribution < 1.29 is 33.9 Å². The molecule has 0 saturated carbocycles. The number of aliphatic carboxylic acids is 1. The molecule has 0 spiro atoms. The van der Waals surface area contributed by atoms with Gasteiger partial charge in [0.25, 0.3) is 0 Å². The number of hydrogen-bond donors (Lipinski definition) is 7. The van der Waals surface area contributed by atoms with Crippen LogP contribution in [0.4, 0.5) is 0 Å². The van der Waals surface area contributed by atoms with Crippen LogP contribution in [0.5, 0.6) is 0 Å². The minimum absolute atomic E-state index is 0.0102. The van der Waals surface area contributed by atoms with Crippen LogP contribution in [0.2, 0.25) is 0 Å². The van der Waals surface area contributed by atoms with Gasteiger partial charge >= 0.3 is 5.97 Å². The van der Waals surface area contributed by atoms with Gasteiger partial charge in [0.1, 0.15) is 30.2 Å². The van der Waals surface area contributed by atoms with E-state index in [1.807, 2.05) is 55.4 Å². The van der Waals surface area contributed by atoms with Gasteiger partial charge in [-0.2, -0.15) is 0 Å². The zero-order valence-electron chi connectivity index (χ0n) is 38.7. The first-order chi connectivity index (χ1) is 27.9. The maximum absolute atomic E-state index is 13.9. The Morgan fingerprint density at radius 2 is 0.729 bits per heavy atom. The molecule has 0 bridgehead atoms. The van der Waals surface area contributed by atoms with Crippen molar-refractivity contribution in [2.24, 2.45) is 29.4 Å². The fourth-order valence-electron chi connectivity index (χ4n) is 7.22. The van der Waals surface area contributed by atoms with E-state index >= 15 is 0 Å². The number of rotatable bonds is 36. The van der Waals surface area contributed by atoms with Crippen LogP contribution in [-0.4, -0.2) is 77.4 Å². The first-order valence-electron chi connectivity index (χ1n) is 23.3. The number of nitrogens with one attached hydrogen (secondary N) is 5. The molecule has 0 fully saturated rings. The normalized spacial score (nSPS) is 14.1. The third kappa shape index (κ3) is 28.8. The van der Waals surface area contributed by atoms with Gasteiger partial charge in [-0.25, -0.2) is 4.79 Å². The topological polar surface area (TPSA) is 209 Å². The fraction of sp³-hybridized carbons (Fsp3) is 0.870. The van der Waals surface area contributed by atoms with Crippen LogP contribution in [0.1, 0.15) is 197 Å². The average Bonchev–Trinajstić information content (AvgIpc) is 3.14. The van der Waals surface area contributed by atoms with E-state index in [4.69, 9.17) is 5.73 Å². The minimum atomic E-state index is -1.17. The van der Waals surface area contributed by atoms with Crippen molar-refractivity contribution in [2.45, 2.75) is 227 Å². The molecule has 0 heterocycles. The molecule has 13 heteroatoms. The van der Waals surface area contributed by atoms with Gasteiger partial charge in [0.05, 0.1) is 0 Å². The molecular weight excluding hydrogens is 749 g/mol. The predicted octanol–water partition coefficient (Wildman–Crippen LogP) is 7.29. The molecule has 344 valence electrons. The monoisotopic (exact) mass is 837 g/mol. The first-order valence-corrected chi connectivity index (χ1v) is 23.3. The van der Waals surface area contributed by atoms with E-state index in [-0.39, 0.29) is 48.8 Å². The summed E-state index contributed by atoms with van der Waals surface area (Å²) in [6.45, 7) is 18.1. The summed E-state index contributed by atoms with van der Waals surface area (Å²) in [5.41, 5.74) is 5.56. The van der Waals surface area contributed by atoms with Crippen LogP contribution in [0.25, 0.3) is 0 Å². The molecule has 0 unspecified atom stereocenters. The van der Waals surface area contributed by atoms with E-state index in [2.05, 4.69) is 33.5 Å². The minimum Gasteiger partial charge on any atom is -0.480 e. The number of carbonyl (C=O) groups excluding carboxylic acids is 5. The molecule has 8 N–H and O–H groups in total. The zero-order chi connectivity index (χ0) is 44.8. The van der Waals surface area contributed by atoms with Gasteiger partial charge in [0.2, 0.25) is 29.5 Å². The Morgan fingerprint density at radius 1 is 0.424 bits per heavy atom. The molecule has 0 aromatic rings. The quantitative estimate of drug-likeness (QED) is 0.0318. The van der Waals surface area contributed by atoms with Crippen molar-refractivity contribution in [3.05, 3.63) is 0 Å². The second kappa shape index (κ2) is 33.5. The lowest BCUT2D eigenvalue weighted by molar-refractivity contribution is -0.142. The van der Waals surface area contributed by atoms with E-state index in [0.717, 1.165) is 19.3 Å². The van der Waals surface area contributed by atoms with E-state index in [9.17, 15) is 33.9 Å². The van der Waals surface area contributed by atoms with Crippen LogP contribution in [0, 0.1) is 23.7 Å². The predicted molar refractivity (Wildman–Crippen MR) is 238 cm³/mol. The number of carbonyl (C=O) groups is 6. The molecule has 5 atom stereocenters. The molecule has 59 heavy (non-hydrogen) atoms. The maximum Gasteiger partial charge on any atom is 0.326 e. The summed E-state index contributed by atoms with van der Waals surface area (Å²) in [6, 6.07) is -4.98. The highest BCUT2D eigenvalue weighted by Crippen LogP contribution is 2.15. The molecule has 0 aromatic carbocycles. The number of unbranched alkanes of at least 4 members (excludes halogenated alkanes) is 13. The maximum atomic E-state index is 13.9. The highest BCUT2D eigenvalue weighted by atomic mass is 16.4. The molecule has 0 rings (SSSR count). The van der Waals surface area contributed by atoms with Crippen LogP contribution in [0.15, 0.2) is 0 Å². The van der Waals surface area contributed by atoms with Gasteiger partial charge in [0.15, 0.2) is 0 Å². The SMILES string of the molecule is CCCCCCCCCCCCCCCC(=O)N[C@@H](CC(C)C)C(=O)N[C@@H](CC(C)C)C(=O)N[C@@H](CC(C)C)C(=O)N[C@@H](CC(C)C)C(=O)N[C@@H](CCCCN)C(=O)O. The Labute approximate surface area is 358 Å². The number of nitrogens with two attached hydrogens (primary N) is 1. The third-order valence-corrected chi connectivity index (χ3v) is 10.4. The van der Waals surface area contributed by atoms with Crippen molar-refractivity contribution in [3.8, 4) is 0 Å². The summed E-state index contributed by atoms with van der Waals surface area (Å²) >= 11 is 0. The van der Waals surface area contributed by atoms with Crippen molar-refractivity contribution in [2.75, 3.05) is 6.54 Å². The summed E-state index contributed by atoms with van der Waals surface area (Å²) in [5.74, 6) is -3.42. The summed E-state index contributed by atoms with van der Waals surface area (Å²) in [5, 5.41) is 23.8. The van der Waals surface area contributed by atoms with Gasteiger partial charge in [-0.3, -0.25) is 24.0 Å². The number of amides is 5. The third-order valence-electron chi connectivity index (χ3n) is 10.4. The number of hydrogen-bond acceptors (Lipinski definition) is 7. The van der Waals surface area contributed by atoms with Crippen molar-refractivity contribution in [1.82, 2.24) is 26.6 Å². The summed E-state index contributed by atoms with van der Waals surface area (Å²) in [7, 11) is 0. The lowest BCUT2D eigenvalue weighted by Gasteiger charge is -2.29. The van der Waals surface area contributed by atoms with Gasteiger partial charge in [-0.05, 0) is 81.6 Å². The molecule has 0 aromatic heterocycles. The second-order valence-corrected chi connectivity index (χ2v) is 18.5. The highest BCUT2D eigenvalue weighted by molar-refractivity contribution is 5.96. The van der Waals surface area contributed by atoms with E-state index in [1.54, 1.807) is 0 Å². The van der Waals surface area contributed by atoms with Crippen molar-refractivity contribution in [3.63, 3.8) is 0 Å². The summed E-state index contributed by atoms with van der Waals surface area (Å²) in [4.78, 5) is 79.8. The molecule has 0 aliphatic carbocycles. The summed E-state index contributed by atoms with van der Waals surface area (Å²) < 4.78 is 0. The van der Waals surface area contributed by atoms with Crippen molar-refractivity contribution in [1.29, 1.82) is 0 Å². The molecule has 0 radical (unpaired) electrons. The molecule has 0 aliphatic rings. The van der Waals surface area contributed by atoms with Crippen LogP contribution in [-0.2, 0) is 28.8 Å². The fourth-order valence-corrected chi connectivity index (χ4v) is 7.22. The van der Waals surface area contributed by atoms with E-state index in [1.165, 1.54) is 64.2 Å². The standard InChI is InChI=1S/C46H88N6O7/c1-10-11-12-13-14-15-16-17-18-19-20-21-22-26-41(53)48-37(28-32(2)3)42(54)50-39(30-34(6)7)44(56)52-40(31-35(8)9)45(57)51-38(29-33(4)5)43(55)49-36(46(58)59)25-23-24-27-47/h32-40H,10-31,47H2,1-9H3,(H,48,53)(H,49,55)(H,50,54)(H,51,57)(H,52,56)(H,58,59)/t36-,37-,38-,39-,40-/m0/s1. The molecule has 5 amide bonds. The van der Waals surface area contributed by atoms with Crippen LogP contribution in [0.3, 0.4) is 0 Å². The van der Waals surface area contributed by atoms with E-state index in [0.29, 0.717) is 38.6 Å². The second-order valence-electron chi connectivity index (χ2n) is 18.5. The highest BCUT2D eigenvalue weighted by Gasteiger charge is 2.33. The van der Waals surface area contributed by atoms with Gasteiger partial charge < -0.3 is 37.4 Å². The largest absolute Gasteiger partial charge is 0.480 e. The van der Waals surface area contributed by atoms with Crippen LogP contribution < -0.4 is 32.3 Å². The Balaban J connectivity index is 5.56. The summed E-state index contributed by atoms with van der Waals surface area (Å²) in [6.07, 6.45) is 18.7. The average molecular weight is 837 g/mol. The van der Waals surface area contributed by atoms with Crippen molar-refractivity contribution >= 4 is 35.5 Å². The Kier molecular flexibility index (Phi) is 31.7. The van der Waals surface area contributed by atoms with Gasteiger partial charge in [-0.1, -0.05) is 139 Å². The van der Waals surface area contributed by atoms with Gasteiger partial charge in [-0.15, -0.1) is 0 Å². The molecular formula is C46H88N6O7. The lowest BCUT2D eigenvalue weighted by atomic mass is 9.98. The molecule has 13 nitrogen and oxygen atoms in total.